The number of nitrogens with zero attached hydrogens (tertiary/aromatic N) is 3. The number of piperazine rings is 1. The van der Waals surface area contributed by atoms with Gasteiger partial charge in [-0.3, -0.25) is 9.69 Å². The third-order valence-corrected chi connectivity index (χ3v) is 4.05. The second kappa shape index (κ2) is 8.09. The van der Waals surface area contributed by atoms with Crippen molar-refractivity contribution in [2.75, 3.05) is 26.2 Å². The van der Waals surface area contributed by atoms with Crippen LogP contribution in [0.5, 0.6) is 0 Å². The number of amidine groups is 1. The zero-order valence-corrected chi connectivity index (χ0v) is 12.9. The van der Waals surface area contributed by atoms with Crippen molar-refractivity contribution in [2.45, 2.75) is 46.1 Å². The Hall–Kier alpha value is -1.30. The highest BCUT2D eigenvalue weighted by atomic mass is 16.4. The van der Waals surface area contributed by atoms with E-state index in [-0.39, 0.29) is 23.7 Å². The van der Waals surface area contributed by atoms with Crippen LogP contribution in [0.25, 0.3) is 0 Å². The Kier molecular flexibility index (Phi) is 6.78. The van der Waals surface area contributed by atoms with Crippen molar-refractivity contribution in [2.24, 2.45) is 16.8 Å². The minimum absolute atomic E-state index is 0.0367. The Bertz CT molecular complexity index is 338. The van der Waals surface area contributed by atoms with Crippen molar-refractivity contribution in [3.8, 4) is 0 Å². The molecule has 0 spiro atoms. The Balaban J connectivity index is 2.53. The third-order valence-electron chi connectivity index (χ3n) is 4.05. The van der Waals surface area contributed by atoms with E-state index in [0.29, 0.717) is 0 Å². The molecule has 1 amide bonds. The van der Waals surface area contributed by atoms with Crippen LogP contribution in [0.15, 0.2) is 5.16 Å². The summed E-state index contributed by atoms with van der Waals surface area (Å²) in [6.07, 6.45) is 2.78. The maximum atomic E-state index is 12.2. The SMILES string of the molecule is CCCC(C)C(=O)N1CCN(C(CC)C(N)=NO)CC1. The average molecular weight is 284 g/mol. The first-order chi connectivity index (χ1) is 9.54. The first-order valence-corrected chi connectivity index (χ1v) is 7.55. The second-order valence-electron chi connectivity index (χ2n) is 5.50. The first-order valence-electron chi connectivity index (χ1n) is 7.55. The van der Waals surface area contributed by atoms with Crippen molar-refractivity contribution in [1.29, 1.82) is 0 Å². The largest absolute Gasteiger partial charge is 0.409 e. The van der Waals surface area contributed by atoms with Gasteiger partial charge in [-0.15, -0.1) is 0 Å². The third kappa shape index (κ3) is 4.10. The number of carbonyl (C=O) groups excluding carboxylic acids is 1. The molecule has 20 heavy (non-hydrogen) atoms. The number of amides is 1. The summed E-state index contributed by atoms with van der Waals surface area (Å²) in [6.45, 7) is 9.13. The van der Waals surface area contributed by atoms with E-state index in [1.165, 1.54) is 0 Å². The van der Waals surface area contributed by atoms with E-state index < -0.39 is 0 Å². The number of hydrogen-bond donors (Lipinski definition) is 2. The van der Waals surface area contributed by atoms with Crippen molar-refractivity contribution in [3.05, 3.63) is 0 Å². The van der Waals surface area contributed by atoms with Crippen LogP contribution in [0.2, 0.25) is 0 Å². The van der Waals surface area contributed by atoms with Gasteiger partial charge in [0.15, 0.2) is 5.84 Å². The van der Waals surface area contributed by atoms with Crippen LogP contribution in [-0.2, 0) is 4.79 Å². The van der Waals surface area contributed by atoms with Crippen LogP contribution >= 0.6 is 0 Å². The molecular weight excluding hydrogens is 256 g/mol. The summed E-state index contributed by atoms with van der Waals surface area (Å²) in [5.41, 5.74) is 5.72. The minimum atomic E-state index is -0.0367. The normalized spacial score (nSPS) is 20.8. The van der Waals surface area contributed by atoms with Crippen LogP contribution < -0.4 is 5.73 Å². The lowest BCUT2D eigenvalue weighted by molar-refractivity contribution is -0.137. The zero-order valence-electron chi connectivity index (χ0n) is 12.9. The molecule has 1 heterocycles. The summed E-state index contributed by atoms with van der Waals surface area (Å²) >= 11 is 0. The van der Waals surface area contributed by atoms with Gasteiger partial charge < -0.3 is 15.8 Å². The summed E-state index contributed by atoms with van der Waals surface area (Å²) in [5.74, 6) is 0.618. The number of rotatable bonds is 6. The van der Waals surface area contributed by atoms with Gasteiger partial charge in [0.25, 0.3) is 0 Å². The van der Waals surface area contributed by atoms with Gasteiger partial charge >= 0.3 is 0 Å². The van der Waals surface area contributed by atoms with Crippen molar-refractivity contribution in [3.63, 3.8) is 0 Å². The maximum absolute atomic E-state index is 12.2. The molecule has 0 aliphatic carbocycles. The number of hydrogen-bond acceptors (Lipinski definition) is 4. The fraction of sp³-hybridized carbons (Fsp3) is 0.857. The quantitative estimate of drug-likeness (QED) is 0.331. The van der Waals surface area contributed by atoms with E-state index >= 15 is 0 Å². The van der Waals surface area contributed by atoms with E-state index in [1.807, 2.05) is 18.7 Å². The number of carbonyl (C=O) groups is 1. The Labute approximate surface area is 121 Å². The second-order valence-corrected chi connectivity index (χ2v) is 5.50. The predicted molar refractivity (Wildman–Crippen MR) is 79.7 cm³/mol. The average Bonchev–Trinajstić information content (AvgIpc) is 2.48. The van der Waals surface area contributed by atoms with Gasteiger partial charge in [-0.25, -0.2) is 0 Å². The molecule has 0 aromatic carbocycles. The molecule has 0 aromatic rings. The summed E-state index contributed by atoms with van der Waals surface area (Å²) < 4.78 is 0. The molecule has 1 rings (SSSR count). The molecule has 6 nitrogen and oxygen atoms in total. The molecule has 2 unspecified atom stereocenters. The van der Waals surface area contributed by atoms with E-state index in [9.17, 15) is 4.79 Å². The Morgan fingerprint density at radius 3 is 2.35 bits per heavy atom. The fourth-order valence-corrected chi connectivity index (χ4v) is 2.84. The number of oxime groups is 1. The first kappa shape index (κ1) is 16.8. The molecule has 3 N–H and O–H groups in total. The van der Waals surface area contributed by atoms with Gasteiger partial charge in [0.1, 0.15) is 0 Å². The van der Waals surface area contributed by atoms with Gasteiger partial charge in [0.05, 0.1) is 6.04 Å². The molecular formula is C14H28N4O2. The molecule has 6 heteroatoms. The van der Waals surface area contributed by atoms with Crippen LogP contribution in [0.1, 0.15) is 40.0 Å². The van der Waals surface area contributed by atoms with Crippen molar-refractivity contribution in [1.82, 2.24) is 9.80 Å². The Morgan fingerprint density at radius 1 is 1.30 bits per heavy atom. The molecule has 2 atom stereocenters. The van der Waals surface area contributed by atoms with Gasteiger partial charge in [0.2, 0.25) is 5.91 Å². The molecule has 0 radical (unpaired) electrons. The summed E-state index contributed by atoms with van der Waals surface area (Å²) in [6, 6.07) is -0.0367. The molecule has 1 aliphatic rings. The van der Waals surface area contributed by atoms with Crippen LogP contribution in [0.4, 0.5) is 0 Å². The van der Waals surface area contributed by atoms with Crippen LogP contribution in [0, 0.1) is 5.92 Å². The maximum Gasteiger partial charge on any atom is 0.225 e. The van der Waals surface area contributed by atoms with Crippen molar-refractivity contribution < 1.29 is 10.0 Å². The van der Waals surface area contributed by atoms with Crippen LogP contribution in [0.3, 0.4) is 0 Å². The van der Waals surface area contributed by atoms with Gasteiger partial charge in [-0.1, -0.05) is 32.3 Å². The lowest BCUT2D eigenvalue weighted by Gasteiger charge is -2.39. The predicted octanol–water partition coefficient (Wildman–Crippen LogP) is 1.09. The van der Waals surface area contributed by atoms with E-state index in [2.05, 4.69) is 17.0 Å². The lowest BCUT2D eigenvalue weighted by Crippen LogP contribution is -2.55. The molecule has 116 valence electrons. The molecule has 0 bridgehead atoms. The highest BCUT2D eigenvalue weighted by molar-refractivity contribution is 5.85. The summed E-state index contributed by atoms with van der Waals surface area (Å²) in [4.78, 5) is 16.4. The fourth-order valence-electron chi connectivity index (χ4n) is 2.84. The minimum Gasteiger partial charge on any atom is -0.409 e. The Morgan fingerprint density at radius 2 is 1.90 bits per heavy atom. The number of nitrogens with two attached hydrogens (primary N) is 1. The molecule has 1 aliphatic heterocycles. The van der Waals surface area contributed by atoms with E-state index in [1.54, 1.807) is 0 Å². The van der Waals surface area contributed by atoms with E-state index in [0.717, 1.165) is 45.4 Å². The highest BCUT2D eigenvalue weighted by Gasteiger charge is 2.28. The topological polar surface area (TPSA) is 82.2 Å². The zero-order chi connectivity index (χ0) is 15.1. The molecule has 0 saturated carbocycles. The van der Waals surface area contributed by atoms with Crippen molar-refractivity contribution >= 4 is 11.7 Å². The highest BCUT2D eigenvalue weighted by Crippen LogP contribution is 2.14. The molecule has 1 fully saturated rings. The van der Waals surface area contributed by atoms with E-state index in [4.69, 9.17) is 10.9 Å². The molecule has 1 saturated heterocycles. The smallest absolute Gasteiger partial charge is 0.225 e. The monoisotopic (exact) mass is 284 g/mol. The van der Waals surface area contributed by atoms with Gasteiger partial charge in [0, 0.05) is 32.1 Å². The standard InChI is InChI=1S/C14H28N4O2/c1-4-6-11(3)14(19)18-9-7-17(8-10-18)12(5-2)13(15)16-20/h11-12,20H,4-10H2,1-3H3,(H2,15,16). The van der Waals surface area contributed by atoms with Gasteiger partial charge in [-0.05, 0) is 12.8 Å². The lowest BCUT2D eigenvalue weighted by atomic mass is 10.0. The summed E-state index contributed by atoms with van der Waals surface area (Å²) in [7, 11) is 0. The van der Waals surface area contributed by atoms with Crippen LogP contribution in [-0.4, -0.2) is 59.0 Å². The summed E-state index contributed by atoms with van der Waals surface area (Å²) in [5, 5.41) is 11.9. The van der Waals surface area contributed by atoms with Gasteiger partial charge in [-0.2, -0.15) is 0 Å². The molecule has 0 aromatic heterocycles.